The molecule has 0 bridgehead atoms. The van der Waals surface area contributed by atoms with Gasteiger partial charge < -0.3 is 5.21 Å². The lowest BCUT2D eigenvalue weighted by Crippen LogP contribution is -2.07. The van der Waals surface area contributed by atoms with Gasteiger partial charge in [-0.05, 0) is 0 Å². The molecule has 0 unspecified atom stereocenters. The first-order valence-electron chi connectivity index (χ1n) is 2.77. The second kappa shape index (κ2) is 2.91. The highest BCUT2D eigenvalue weighted by Crippen LogP contribution is 2.01. The molecule has 1 N–H and O–H groups in total. The number of oxime groups is 1. The van der Waals surface area contributed by atoms with Gasteiger partial charge in [0.25, 0.3) is 0 Å². The third kappa shape index (κ3) is 1.28. The standard InChI is InChI=1S/C6H6N2O2/c9-6-1-2-7-3-5(6)4-8-10/h2-4,10H,1H2. The summed E-state index contributed by atoms with van der Waals surface area (Å²) >= 11 is 0. The van der Waals surface area contributed by atoms with Gasteiger partial charge in [0.2, 0.25) is 0 Å². The van der Waals surface area contributed by atoms with Gasteiger partial charge in [0.15, 0.2) is 5.78 Å². The molecule has 1 aliphatic heterocycles. The lowest BCUT2D eigenvalue weighted by molar-refractivity contribution is -0.114. The summed E-state index contributed by atoms with van der Waals surface area (Å²) in [5.74, 6) is -0.0761. The van der Waals surface area contributed by atoms with Crippen LogP contribution in [0.15, 0.2) is 21.9 Å². The molecule has 0 fully saturated rings. The summed E-state index contributed by atoms with van der Waals surface area (Å²) in [5, 5.41) is 10.8. The zero-order valence-corrected chi connectivity index (χ0v) is 5.19. The van der Waals surface area contributed by atoms with E-state index in [4.69, 9.17) is 5.21 Å². The number of rotatable bonds is 1. The van der Waals surface area contributed by atoms with E-state index in [1.54, 1.807) is 0 Å². The highest BCUT2D eigenvalue weighted by Gasteiger charge is 2.07. The van der Waals surface area contributed by atoms with E-state index in [0.29, 0.717) is 5.57 Å². The number of carbonyl (C=O) groups excluding carboxylic acids is 1. The minimum absolute atomic E-state index is 0.0761. The molecule has 0 aliphatic carbocycles. The molecule has 0 aromatic heterocycles. The molecule has 0 aromatic carbocycles. The average molecular weight is 138 g/mol. The molecule has 0 saturated heterocycles. The summed E-state index contributed by atoms with van der Waals surface area (Å²) in [7, 11) is 0. The van der Waals surface area contributed by atoms with E-state index in [1.807, 2.05) is 0 Å². The topological polar surface area (TPSA) is 62.0 Å². The summed E-state index contributed by atoms with van der Waals surface area (Å²) in [6.07, 6.45) is 4.25. The Morgan fingerprint density at radius 1 is 1.80 bits per heavy atom. The molecule has 4 heteroatoms. The van der Waals surface area contributed by atoms with Crippen LogP contribution in [0.25, 0.3) is 0 Å². The van der Waals surface area contributed by atoms with E-state index in [0.717, 1.165) is 6.21 Å². The minimum atomic E-state index is -0.0761. The number of aliphatic imine (C=N–C) groups is 1. The molecule has 4 nitrogen and oxygen atoms in total. The number of ketones is 1. The van der Waals surface area contributed by atoms with Gasteiger partial charge in [0.05, 0.1) is 11.8 Å². The molecule has 0 saturated carbocycles. The number of allylic oxidation sites excluding steroid dienone is 1. The van der Waals surface area contributed by atoms with Gasteiger partial charge in [0, 0.05) is 18.8 Å². The fourth-order valence-corrected chi connectivity index (χ4v) is 0.626. The van der Waals surface area contributed by atoms with E-state index in [2.05, 4.69) is 10.1 Å². The van der Waals surface area contributed by atoms with Gasteiger partial charge in [-0.1, -0.05) is 5.16 Å². The van der Waals surface area contributed by atoms with Crippen molar-refractivity contribution in [2.45, 2.75) is 6.42 Å². The molecule has 0 aromatic rings. The largest absolute Gasteiger partial charge is 0.411 e. The van der Waals surface area contributed by atoms with Crippen LogP contribution in [-0.2, 0) is 4.79 Å². The monoisotopic (exact) mass is 138 g/mol. The average Bonchev–Trinajstić information content (AvgIpc) is 1.94. The predicted molar refractivity (Wildman–Crippen MR) is 36.5 cm³/mol. The second-order valence-electron chi connectivity index (χ2n) is 1.79. The molecular formula is C6H6N2O2. The first kappa shape index (κ1) is 6.67. The van der Waals surface area contributed by atoms with Crippen molar-refractivity contribution in [3.8, 4) is 0 Å². The third-order valence-electron chi connectivity index (χ3n) is 1.11. The fraction of sp³-hybridized carbons (Fsp3) is 0.167. The van der Waals surface area contributed by atoms with Crippen molar-refractivity contribution >= 4 is 18.2 Å². The van der Waals surface area contributed by atoms with Crippen LogP contribution in [0.1, 0.15) is 6.42 Å². The van der Waals surface area contributed by atoms with Crippen molar-refractivity contribution in [3.05, 3.63) is 11.8 Å². The van der Waals surface area contributed by atoms with Gasteiger partial charge in [-0.25, -0.2) is 0 Å². The van der Waals surface area contributed by atoms with Crippen LogP contribution in [0.2, 0.25) is 0 Å². The van der Waals surface area contributed by atoms with E-state index in [-0.39, 0.29) is 12.2 Å². The van der Waals surface area contributed by atoms with Crippen molar-refractivity contribution in [1.29, 1.82) is 0 Å². The summed E-state index contributed by atoms with van der Waals surface area (Å²) in [5.41, 5.74) is 0.338. The Bertz CT molecular complexity index is 228. The van der Waals surface area contributed by atoms with Crippen LogP contribution in [-0.4, -0.2) is 23.4 Å². The first-order chi connectivity index (χ1) is 4.84. The Labute approximate surface area is 57.6 Å². The third-order valence-corrected chi connectivity index (χ3v) is 1.11. The lowest BCUT2D eigenvalue weighted by Gasteiger charge is -1.98. The van der Waals surface area contributed by atoms with E-state index >= 15 is 0 Å². The maximum Gasteiger partial charge on any atom is 0.171 e. The normalized spacial score (nSPS) is 18.0. The molecule has 10 heavy (non-hydrogen) atoms. The van der Waals surface area contributed by atoms with Crippen molar-refractivity contribution in [1.82, 2.24) is 0 Å². The SMILES string of the molecule is O=C1CC=NC=C1C=NO. The molecule has 0 atom stereocenters. The summed E-state index contributed by atoms with van der Waals surface area (Å²) in [4.78, 5) is 14.5. The number of carbonyl (C=O) groups is 1. The molecule has 1 heterocycles. The first-order valence-corrected chi connectivity index (χ1v) is 2.77. The van der Waals surface area contributed by atoms with Crippen LogP contribution in [0, 0.1) is 0 Å². The van der Waals surface area contributed by atoms with Gasteiger partial charge >= 0.3 is 0 Å². The summed E-state index contributed by atoms with van der Waals surface area (Å²) in [6, 6.07) is 0. The van der Waals surface area contributed by atoms with Crippen LogP contribution in [0.3, 0.4) is 0 Å². The number of hydrogen-bond acceptors (Lipinski definition) is 4. The molecule has 1 aliphatic rings. The Morgan fingerprint density at radius 2 is 2.60 bits per heavy atom. The number of Topliss-reactive ketones (excluding diaryl/α,β-unsaturated/α-hetero) is 1. The Hall–Kier alpha value is -1.45. The maximum absolute atomic E-state index is 10.8. The Kier molecular flexibility index (Phi) is 1.94. The Morgan fingerprint density at radius 3 is 3.20 bits per heavy atom. The van der Waals surface area contributed by atoms with Crippen LogP contribution >= 0.6 is 0 Å². The molecule has 0 radical (unpaired) electrons. The smallest absolute Gasteiger partial charge is 0.171 e. The van der Waals surface area contributed by atoms with Crippen molar-refractivity contribution in [2.75, 3.05) is 0 Å². The van der Waals surface area contributed by atoms with Gasteiger partial charge in [-0.2, -0.15) is 0 Å². The van der Waals surface area contributed by atoms with Crippen LogP contribution < -0.4 is 0 Å². The predicted octanol–water partition coefficient (Wildman–Crippen LogP) is 0.374. The van der Waals surface area contributed by atoms with Crippen molar-refractivity contribution in [3.63, 3.8) is 0 Å². The number of hydrogen-bond donors (Lipinski definition) is 1. The minimum Gasteiger partial charge on any atom is -0.411 e. The van der Waals surface area contributed by atoms with Gasteiger partial charge in [0.1, 0.15) is 0 Å². The van der Waals surface area contributed by atoms with Gasteiger partial charge in [-0.3, -0.25) is 9.79 Å². The highest BCUT2D eigenvalue weighted by molar-refractivity contribution is 6.17. The molecule has 1 rings (SSSR count). The summed E-state index contributed by atoms with van der Waals surface area (Å²) in [6.45, 7) is 0. The van der Waals surface area contributed by atoms with E-state index in [1.165, 1.54) is 12.4 Å². The zero-order valence-electron chi connectivity index (χ0n) is 5.19. The zero-order chi connectivity index (χ0) is 7.40. The fourth-order valence-electron chi connectivity index (χ4n) is 0.626. The molecule has 0 amide bonds. The number of nitrogens with zero attached hydrogens (tertiary/aromatic N) is 2. The van der Waals surface area contributed by atoms with Gasteiger partial charge in [-0.15, -0.1) is 0 Å². The van der Waals surface area contributed by atoms with Crippen molar-refractivity contribution in [2.24, 2.45) is 10.1 Å². The van der Waals surface area contributed by atoms with E-state index < -0.39 is 0 Å². The van der Waals surface area contributed by atoms with Crippen LogP contribution in [0.4, 0.5) is 0 Å². The molecule has 0 spiro atoms. The highest BCUT2D eigenvalue weighted by atomic mass is 16.4. The van der Waals surface area contributed by atoms with E-state index in [9.17, 15) is 4.79 Å². The molecular weight excluding hydrogens is 132 g/mol. The Balaban J connectivity index is 2.80. The second-order valence-corrected chi connectivity index (χ2v) is 1.79. The lowest BCUT2D eigenvalue weighted by atomic mass is 10.1. The quantitative estimate of drug-likeness (QED) is 0.323. The molecule has 52 valence electrons. The van der Waals surface area contributed by atoms with Crippen molar-refractivity contribution < 1.29 is 10.0 Å². The van der Waals surface area contributed by atoms with Crippen LogP contribution in [0.5, 0.6) is 0 Å². The summed E-state index contributed by atoms with van der Waals surface area (Å²) < 4.78 is 0. The maximum atomic E-state index is 10.8.